The molecule has 7 nitrogen and oxygen atoms in total. The Morgan fingerprint density at radius 2 is 1.68 bits per heavy atom. The highest BCUT2D eigenvalue weighted by molar-refractivity contribution is 5.65. The van der Waals surface area contributed by atoms with Gasteiger partial charge in [0.1, 0.15) is 0 Å². The molecule has 166 valence electrons. The highest BCUT2D eigenvalue weighted by Crippen LogP contribution is 2.40. The van der Waals surface area contributed by atoms with Crippen LogP contribution in [-0.2, 0) is 0 Å². The van der Waals surface area contributed by atoms with Crippen molar-refractivity contribution in [1.29, 1.82) is 0 Å². The Bertz CT molecular complexity index is 894. The Morgan fingerprint density at radius 3 is 2.23 bits per heavy atom. The van der Waals surface area contributed by atoms with Gasteiger partial charge in [-0.15, -0.1) is 0 Å². The van der Waals surface area contributed by atoms with E-state index in [0.717, 1.165) is 31.0 Å². The molecule has 0 bridgehead atoms. The Balaban J connectivity index is 1.44. The van der Waals surface area contributed by atoms with E-state index in [9.17, 15) is 18.7 Å². The number of anilines is 1. The molecule has 1 amide bonds. The second-order valence-corrected chi connectivity index (χ2v) is 8.37. The number of hydrogen-bond donors (Lipinski definition) is 2. The van der Waals surface area contributed by atoms with Gasteiger partial charge in [-0.2, -0.15) is 18.7 Å². The van der Waals surface area contributed by atoms with E-state index in [-0.39, 0.29) is 18.0 Å². The van der Waals surface area contributed by atoms with Crippen molar-refractivity contribution in [2.75, 3.05) is 31.5 Å². The van der Waals surface area contributed by atoms with Gasteiger partial charge >= 0.3 is 6.09 Å². The third-order valence-electron chi connectivity index (χ3n) is 6.11. The van der Waals surface area contributed by atoms with Crippen LogP contribution in [0.15, 0.2) is 30.3 Å². The Hall–Kier alpha value is -2.81. The van der Waals surface area contributed by atoms with Gasteiger partial charge in [-0.1, -0.05) is 37.1 Å². The summed E-state index contributed by atoms with van der Waals surface area (Å²) in [7, 11) is 0. The van der Waals surface area contributed by atoms with E-state index in [1.807, 2.05) is 19.1 Å². The smallest absolute Gasteiger partial charge is 0.407 e. The molecular formula is C22H27F2N5O2. The second-order valence-electron chi connectivity index (χ2n) is 8.37. The number of amides is 1. The minimum absolute atomic E-state index is 0.0861. The van der Waals surface area contributed by atoms with Crippen molar-refractivity contribution in [3.05, 3.63) is 53.4 Å². The van der Waals surface area contributed by atoms with Gasteiger partial charge in [0.15, 0.2) is 0 Å². The van der Waals surface area contributed by atoms with E-state index < -0.39 is 18.0 Å². The molecular weight excluding hydrogens is 404 g/mol. The lowest BCUT2D eigenvalue weighted by atomic mass is 9.96. The first-order valence-electron chi connectivity index (χ1n) is 10.7. The lowest BCUT2D eigenvalue weighted by molar-refractivity contribution is 0.0805. The van der Waals surface area contributed by atoms with Crippen molar-refractivity contribution in [3.8, 4) is 0 Å². The summed E-state index contributed by atoms with van der Waals surface area (Å²) in [5, 5.41) is 12.1. The Morgan fingerprint density at radius 1 is 1.10 bits per heavy atom. The zero-order valence-electron chi connectivity index (χ0n) is 17.5. The number of nitrogens with zero attached hydrogens (tertiary/aromatic N) is 4. The molecule has 2 heterocycles. The van der Waals surface area contributed by atoms with Crippen molar-refractivity contribution in [2.45, 2.75) is 38.3 Å². The monoisotopic (exact) mass is 431 g/mol. The first-order chi connectivity index (χ1) is 14.9. The molecule has 1 aliphatic carbocycles. The van der Waals surface area contributed by atoms with Crippen LogP contribution in [-0.4, -0.2) is 57.1 Å². The van der Waals surface area contributed by atoms with Crippen molar-refractivity contribution in [3.63, 3.8) is 0 Å². The van der Waals surface area contributed by atoms with Crippen LogP contribution in [0.5, 0.6) is 0 Å². The predicted molar refractivity (Wildman–Crippen MR) is 112 cm³/mol. The Labute approximate surface area is 180 Å². The molecule has 1 saturated heterocycles. The van der Waals surface area contributed by atoms with Gasteiger partial charge in [0, 0.05) is 38.3 Å². The van der Waals surface area contributed by atoms with E-state index in [1.54, 1.807) is 0 Å². The molecule has 31 heavy (non-hydrogen) atoms. The quantitative estimate of drug-likeness (QED) is 0.644. The van der Waals surface area contributed by atoms with Crippen LogP contribution in [0.1, 0.15) is 49.4 Å². The summed E-state index contributed by atoms with van der Waals surface area (Å²) >= 11 is 0. The molecule has 2 fully saturated rings. The number of hydrogen-bond acceptors (Lipinski definition) is 5. The van der Waals surface area contributed by atoms with Crippen molar-refractivity contribution in [2.24, 2.45) is 5.92 Å². The molecule has 0 radical (unpaired) electrons. The van der Waals surface area contributed by atoms with E-state index in [2.05, 4.69) is 32.3 Å². The second kappa shape index (κ2) is 9.13. The van der Waals surface area contributed by atoms with Crippen molar-refractivity contribution < 1.29 is 18.7 Å². The molecule has 2 unspecified atom stereocenters. The van der Waals surface area contributed by atoms with Crippen LogP contribution >= 0.6 is 0 Å². The van der Waals surface area contributed by atoms with Crippen LogP contribution in [0.3, 0.4) is 0 Å². The summed E-state index contributed by atoms with van der Waals surface area (Å²) in [5.41, 5.74) is 2.16. The van der Waals surface area contributed by atoms with Gasteiger partial charge in [-0.3, -0.25) is 4.90 Å². The first kappa shape index (κ1) is 21.4. The van der Waals surface area contributed by atoms with Crippen LogP contribution in [0, 0.1) is 17.8 Å². The maximum absolute atomic E-state index is 13.3. The topological polar surface area (TPSA) is 81.6 Å². The van der Waals surface area contributed by atoms with Crippen LogP contribution in [0.2, 0.25) is 0 Å². The normalized spacial score (nSPS) is 19.1. The van der Waals surface area contributed by atoms with Crippen LogP contribution < -0.4 is 5.32 Å². The maximum atomic E-state index is 13.3. The molecule has 2 atom stereocenters. The minimum Gasteiger partial charge on any atom is -0.465 e. The number of benzene rings is 1. The average molecular weight is 431 g/mol. The van der Waals surface area contributed by atoms with E-state index in [1.165, 1.54) is 23.3 Å². The fourth-order valence-corrected chi connectivity index (χ4v) is 4.13. The number of piperazine rings is 1. The van der Waals surface area contributed by atoms with E-state index >= 15 is 0 Å². The van der Waals surface area contributed by atoms with Crippen molar-refractivity contribution in [1.82, 2.24) is 19.8 Å². The summed E-state index contributed by atoms with van der Waals surface area (Å²) in [6, 6.07) is 8.89. The first-order valence-corrected chi connectivity index (χ1v) is 10.7. The molecule has 2 N–H and O–H groups in total. The van der Waals surface area contributed by atoms with E-state index in [0.29, 0.717) is 19.2 Å². The van der Waals surface area contributed by atoms with Crippen LogP contribution in [0.4, 0.5) is 19.5 Å². The number of carboxylic acid groups (broad SMARTS) is 1. The van der Waals surface area contributed by atoms with Gasteiger partial charge in [-0.05, 0) is 30.4 Å². The lowest BCUT2D eigenvalue weighted by Gasteiger charge is -2.38. The fourth-order valence-electron chi connectivity index (χ4n) is 4.13. The van der Waals surface area contributed by atoms with Crippen LogP contribution in [0.25, 0.3) is 0 Å². The number of halogens is 2. The standard InChI is InChI=1S/C22H27F2N5O2/c1-14(25-21-26-19(23)13-20(24)27-21)16-4-6-17(7-5-16)18(12-15-2-3-15)28-8-10-29(11-9-28)22(30)31/h4-7,13-15,18H,2-3,8-12H2,1H3,(H,30,31)(H,25,26,27). The van der Waals surface area contributed by atoms with Gasteiger partial charge in [0.2, 0.25) is 17.8 Å². The number of rotatable bonds is 7. The molecule has 1 aromatic carbocycles. The number of nitrogens with one attached hydrogen (secondary N) is 1. The molecule has 1 aromatic heterocycles. The molecule has 1 aliphatic heterocycles. The van der Waals surface area contributed by atoms with Gasteiger partial charge in [-0.25, -0.2) is 4.79 Å². The SMILES string of the molecule is CC(Nc1nc(F)cc(F)n1)c1ccc(C(CC2CC2)N2CCN(C(=O)O)CC2)cc1. The summed E-state index contributed by atoms with van der Waals surface area (Å²) in [5.74, 6) is -1.17. The number of carbonyl (C=O) groups is 1. The number of aromatic nitrogens is 2. The molecule has 2 aliphatic rings. The summed E-state index contributed by atoms with van der Waals surface area (Å²) in [6.07, 6.45) is 2.74. The summed E-state index contributed by atoms with van der Waals surface area (Å²) in [4.78, 5) is 22.2. The lowest BCUT2D eigenvalue weighted by Crippen LogP contribution is -2.49. The molecule has 1 saturated carbocycles. The molecule has 0 spiro atoms. The van der Waals surface area contributed by atoms with Crippen molar-refractivity contribution >= 4 is 12.0 Å². The van der Waals surface area contributed by atoms with Gasteiger partial charge in [0.25, 0.3) is 0 Å². The minimum atomic E-state index is -0.913. The zero-order chi connectivity index (χ0) is 22.0. The van der Waals surface area contributed by atoms with E-state index in [4.69, 9.17) is 0 Å². The maximum Gasteiger partial charge on any atom is 0.407 e. The largest absolute Gasteiger partial charge is 0.465 e. The summed E-state index contributed by atoms with van der Waals surface area (Å²) < 4.78 is 26.6. The zero-order valence-corrected chi connectivity index (χ0v) is 17.5. The van der Waals surface area contributed by atoms with Gasteiger partial charge < -0.3 is 15.3 Å². The third-order valence-corrected chi connectivity index (χ3v) is 6.11. The Kier molecular flexibility index (Phi) is 6.31. The highest BCUT2D eigenvalue weighted by Gasteiger charge is 2.32. The predicted octanol–water partition coefficient (Wildman–Crippen LogP) is 4.06. The molecule has 4 rings (SSSR count). The highest BCUT2D eigenvalue weighted by atomic mass is 19.1. The average Bonchev–Trinajstić information content (AvgIpc) is 3.56. The van der Waals surface area contributed by atoms with Gasteiger partial charge in [0.05, 0.1) is 6.04 Å². The molecule has 9 heteroatoms. The molecule has 2 aromatic rings. The summed E-state index contributed by atoms with van der Waals surface area (Å²) in [6.45, 7) is 4.39. The fraction of sp³-hybridized carbons (Fsp3) is 0.500. The third kappa shape index (κ3) is 5.46.